The van der Waals surface area contributed by atoms with Gasteiger partial charge in [-0.25, -0.2) is 4.79 Å². The molecule has 0 amide bonds. The number of hydrogen-bond acceptors (Lipinski definition) is 7. The van der Waals surface area contributed by atoms with Crippen LogP contribution in [0.5, 0.6) is 0 Å². The third-order valence-corrected chi connectivity index (χ3v) is 3.59. The van der Waals surface area contributed by atoms with Crippen LogP contribution in [0, 0.1) is 0 Å². The van der Waals surface area contributed by atoms with Crippen molar-refractivity contribution in [1.82, 2.24) is 20.6 Å². The van der Waals surface area contributed by atoms with Gasteiger partial charge in [-0.1, -0.05) is 12.1 Å². The van der Waals surface area contributed by atoms with Gasteiger partial charge in [0, 0.05) is 12.4 Å². The van der Waals surface area contributed by atoms with Crippen molar-refractivity contribution in [3.05, 3.63) is 72.0 Å². The predicted molar refractivity (Wildman–Crippen MR) is 86.7 cm³/mol. The fourth-order valence-corrected chi connectivity index (χ4v) is 2.39. The summed E-state index contributed by atoms with van der Waals surface area (Å²) in [5.41, 5.74) is 0.0948. The van der Waals surface area contributed by atoms with Crippen LogP contribution in [0.2, 0.25) is 0 Å². The van der Waals surface area contributed by atoms with E-state index in [1.54, 1.807) is 24.3 Å². The Hall–Kier alpha value is -3.39. The van der Waals surface area contributed by atoms with E-state index in [2.05, 4.69) is 20.6 Å². The lowest BCUT2D eigenvalue weighted by Crippen LogP contribution is -2.58. The molecule has 0 spiro atoms. The lowest BCUT2D eigenvalue weighted by Gasteiger charge is -2.28. The number of hydrogen-bond donors (Lipinski definition) is 3. The van der Waals surface area contributed by atoms with Crippen molar-refractivity contribution in [2.24, 2.45) is 0 Å². The minimum Gasteiger partial charge on any atom is -0.477 e. The molecule has 1 aliphatic heterocycles. The zero-order valence-corrected chi connectivity index (χ0v) is 12.9. The fourth-order valence-electron chi connectivity index (χ4n) is 2.39. The van der Waals surface area contributed by atoms with E-state index in [4.69, 9.17) is 0 Å². The highest BCUT2D eigenvalue weighted by Crippen LogP contribution is 2.11. The van der Waals surface area contributed by atoms with Crippen molar-refractivity contribution >= 4 is 17.5 Å². The Kier molecular flexibility index (Phi) is 4.62. The number of rotatable bonds is 5. The molecule has 3 N–H and O–H groups in total. The zero-order chi connectivity index (χ0) is 17.8. The number of carboxylic acid groups (broad SMARTS) is 1. The van der Waals surface area contributed by atoms with Crippen LogP contribution in [0.15, 0.2) is 60.6 Å². The van der Waals surface area contributed by atoms with E-state index in [-0.39, 0.29) is 17.1 Å². The Morgan fingerprint density at radius 1 is 0.920 bits per heavy atom. The standard InChI is InChI=1S/C17H14N4O4/c22-14(10-5-1-3-7-18-10)12-9-13(17(24)25)21-16(20-12)15(23)11-6-2-4-8-19-11/h1-9,12,16,20-21H,(H,24,25). The van der Waals surface area contributed by atoms with Crippen LogP contribution in [0.4, 0.5) is 0 Å². The van der Waals surface area contributed by atoms with Gasteiger partial charge in [0.15, 0.2) is 0 Å². The molecule has 0 saturated carbocycles. The summed E-state index contributed by atoms with van der Waals surface area (Å²) >= 11 is 0. The molecule has 2 aromatic heterocycles. The van der Waals surface area contributed by atoms with Crippen molar-refractivity contribution in [2.45, 2.75) is 12.2 Å². The molecule has 0 saturated heterocycles. The molecular formula is C17H14N4O4. The summed E-state index contributed by atoms with van der Waals surface area (Å²) in [4.78, 5) is 44.4. The van der Waals surface area contributed by atoms with Gasteiger partial charge >= 0.3 is 5.97 Å². The fraction of sp³-hybridized carbons (Fsp3) is 0.118. The first-order valence-corrected chi connectivity index (χ1v) is 7.44. The van der Waals surface area contributed by atoms with Crippen LogP contribution in [0.3, 0.4) is 0 Å². The number of Topliss-reactive ketones (excluding diaryl/α,β-unsaturated/α-hetero) is 2. The van der Waals surface area contributed by atoms with Gasteiger partial charge in [-0.15, -0.1) is 0 Å². The molecule has 2 aromatic rings. The number of ketones is 2. The molecule has 0 aliphatic carbocycles. The number of pyridine rings is 2. The van der Waals surface area contributed by atoms with E-state index in [9.17, 15) is 19.5 Å². The maximum atomic E-state index is 12.6. The van der Waals surface area contributed by atoms with E-state index >= 15 is 0 Å². The lowest BCUT2D eigenvalue weighted by molar-refractivity contribution is -0.133. The first kappa shape index (κ1) is 16.5. The molecular weight excluding hydrogens is 324 g/mol. The predicted octanol–water partition coefficient (Wildman–Crippen LogP) is 0.398. The third-order valence-electron chi connectivity index (χ3n) is 3.59. The van der Waals surface area contributed by atoms with Gasteiger partial charge < -0.3 is 10.4 Å². The molecule has 2 atom stereocenters. The maximum absolute atomic E-state index is 12.6. The summed E-state index contributed by atoms with van der Waals surface area (Å²) in [5.74, 6) is -2.16. The lowest BCUT2D eigenvalue weighted by atomic mass is 10.0. The molecule has 3 heterocycles. The van der Waals surface area contributed by atoms with Gasteiger partial charge in [-0.3, -0.25) is 24.9 Å². The highest BCUT2D eigenvalue weighted by molar-refractivity contribution is 6.04. The Morgan fingerprint density at radius 3 is 2.04 bits per heavy atom. The topological polar surface area (TPSA) is 121 Å². The van der Waals surface area contributed by atoms with Crippen molar-refractivity contribution in [3.63, 3.8) is 0 Å². The largest absolute Gasteiger partial charge is 0.477 e. The maximum Gasteiger partial charge on any atom is 0.351 e. The summed E-state index contributed by atoms with van der Waals surface area (Å²) in [6.45, 7) is 0. The summed E-state index contributed by atoms with van der Waals surface area (Å²) in [7, 11) is 0. The van der Waals surface area contributed by atoms with E-state index in [1.807, 2.05) is 0 Å². The van der Waals surface area contributed by atoms with Crippen LogP contribution in [0.1, 0.15) is 21.0 Å². The summed E-state index contributed by atoms with van der Waals surface area (Å²) in [6.07, 6.45) is 3.05. The molecule has 3 rings (SSSR count). The van der Waals surface area contributed by atoms with Crippen LogP contribution < -0.4 is 10.6 Å². The minimum atomic E-state index is -1.26. The molecule has 0 fully saturated rings. The number of carbonyl (C=O) groups excluding carboxylic acids is 2. The number of aliphatic carboxylic acids is 1. The van der Waals surface area contributed by atoms with Crippen molar-refractivity contribution in [1.29, 1.82) is 0 Å². The Balaban J connectivity index is 1.89. The summed E-state index contributed by atoms with van der Waals surface area (Å²) in [5, 5.41) is 14.6. The van der Waals surface area contributed by atoms with E-state index in [0.29, 0.717) is 0 Å². The van der Waals surface area contributed by atoms with E-state index in [1.165, 1.54) is 30.6 Å². The molecule has 0 bridgehead atoms. The van der Waals surface area contributed by atoms with Crippen molar-refractivity contribution in [3.8, 4) is 0 Å². The van der Waals surface area contributed by atoms with E-state index < -0.39 is 29.7 Å². The van der Waals surface area contributed by atoms with Gasteiger partial charge in [0.2, 0.25) is 11.6 Å². The number of carboxylic acids is 1. The first-order valence-electron chi connectivity index (χ1n) is 7.44. The Morgan fingerprint density at radius 2 is 1.52 bits per heavy atom. The molecule has 0 radical (unpaired) electrons. The van der Waals surface area contributed by atoms with Gasteiger partial charge in [-0.05, 0) is 30.3 Å². The van der Waals surface area contributed by atoms with Gasteiger partial charge in [0.1, 0.15) is 23.3 Å². The second-order valence-corrected chi connectivity index (χ2v) is 5.27. The van der Waals surface area contributed by atoms with Crippen molar-refractivity contribution in [2.75, 3.05) is 0 Å². The molecule has 8 heteroatoms. The van der Waals surface area contributed by atoms with E-state index in [0.717, 1.165) is 0 Å². The monoisotopic (exact) mass is 338 g/mol. The normalized spacial score (nSPS) is 19.4. The Bertz CT molecular complexity index is 836. The number of aromatic nitrogens is 2. The van der Waals surface area contributed by atoms with Crippen molar-refractivity contribution < 1.29 is 19.5 Å². The molecule has 2 unspecified atom stereocenters. The van der Waals surface area contributed by atoms with Gasteiger partial charge in [0.05, 0.1) is 6.04 Å². The van der Waals surface area contributed by atoms with Gasteiger partial charge in [-0.2, -0.15) is 0 Å². The second-order valence-electron chi connectivity index (χ2n) is 5.27. The molecule has 0 aromatic carbocycles. The summed E-state index contributed by atoms with van der Waals surface area (Å²) < 4.78 is 0. The molecule has 8 nitrogen and oxygen atoms in total. The Labute approximate surface area is 142 Å². The highest BCUT2D eigenvalue weighted by atomic mass is 16.4. The average Bonchev–Trinajstić information content (AvgIpc) is 2.67. The van der Waals surface area contributed by atoms with Crippen LogP contribution in [-0.4, -0.2) is 44.8 Å². The van der Waals surface area contributed by atoms with Crippen LogP contribution >= 0.6 is 0 Å². The zero-order valence-electron chi connectivity index (χ0n) is 12.9. The number of carbonyl (C=O) groups is 3. The highest BCUT2D eigenvalue weighted by Gasteiger charge is 2.33. The first-order chi connectivity index (χ1) is 12.1. The molecule has 1 aliphatic rings. The van der Waals surface area contributed by atoms with Crippen LogP contribution in [-0.2, 0) is 4.79 Å². The average molecular weight is 338 g/mol. The van der Waals surface area contributed by atoms with Crippen LogP contribution in [0.25, 0.3) is 0 Å². The molecule has 25 heavy (non-hydrogen) atoms. The number of nitrogens with zero attached hydrogens (tertiary/aromatic N) is 2. The number of nitrogens with one attached hydrogen (secondary N) is 2. The molecule has 126 valence electrons. The second kappa shape index (κ2) is 7.02. The SMILES string of the molecule is O=C(O)C1=CC(C(=O)c2ccccn2)NC(C(=O)c2ccccn2)N1. The summed E-state index contributed by atoms with van der Waals surface area (Å²) in [6, 6.07) is 8.66. The van der Waals surface area contributed by atoms with Gasteiger partial charge in [0.25, 0.3) is 0 Å². The third kappa shape index (κ3) is 3.59. The smallest absolute Gasteiger partial charge is 0.351 e. The minimum absolute atomic E-state index is 0.156. The quantitative estimate of drug-likeness (QED) is 0.670.